The van der Waals surface area contributed by atoms with Gasteiger partial charge in [0.05, 0.1) is 20.3 Å². The lowest BCUT2D eigenvalue weighted by Crippen LogP contribution is -2.39. The second-order valence-corrected chi connectivity index (χ2v) is 5.22. The van der Waals surface area contributed by atoms with Gasteiger partial charge in [0.15, 0.2) is 11.6 Å². The molecule has 0 amide bonds. The summed E-state index contributed by atoms with van der Waals surface area (Å²) in [7, 11) is 1.46. The number of nitrogens with two attached hydrogens (primary N) is 1. The van der Waals surface area contributed by atoms with E-state index < -0.39 is 0 Å². The molecular formula is C14H20FNO2. The minimum atomic E-state index is -0.334. The van der Waals surface area contributed by atoms with Crippen LogP contribution in [0, 0.1) is 11.7 Å². The molecule has 3 nitrogen and oxygen atoms in total. The van der Waals surface area contributed by atoms with E-state index in [4.69, 9.17) is 15.2 Å². The summed E-state index contributed by atoms with van der Waals surface area (Å²) >= 11 is 0. The lowest BCUT2D eigenvalue weighted by Gasteiger charge is -2.36. The predicted molar refractivity (Wildman–Crippen MR) is 68.3 cm³/mol. The number of benzene rings is 1. The number of ether oxygens (including phenoxy) is 2. The van der Waals surface area contributed by atoms with Crippen molar-refractivity contribution in [3.8, 4) is 5.75 Å². The second kappa shape index (κ2) is 5.24. The molecule has 1 aliphatic rings. The van der Waals surface area contributed by atoms with Crippen molar-refractivity contribution in [3.63, 3.8) is 0 Å². The summed E-state index contributed by atoms with van der Waals surface area (Å²) in [6.07, 6.45) is 0.926. The molecule has 0 aromatic heterocycles. The highest BCUT2D eigenvalue weighted by Gasteiger charge is 2.32. The minimum Gasteiger partial charge on any atom is -0.494 e. The fraction of sp³-hybridized carbons (Fsp3) is 0.571. The lowest BCUT2D eigenvalue weighted by atomic mass is 9.75. The van der Waals surface area contributed by atoms with Crippen LogP contribution in [0.1, 0.15) is 18.9 Å². The molecule has 0 aliphatic carbocycles. The van der Waals surface area contributed by atoms with Crippen molar-refractivity contribution in [3.05, 3.63) is 29.6 Å². The maximum Gasteiger partial charge on any atom is 0.165 e. The highest BCUT2D eigenvalue weighted by atomic mass is 19.1. The van der Waals surface area contributed by atoms with Crippen molar-refractivity contribution in [1.82, 2.24) is 0 Å². The Balaban J connectivity index is 2.22. The van der Waals surface area contributed by atoms with Crippen molar-refractivity contribution >= 4 is 0 Å². The molecule has 100 valence electrons. The topological polar surface area (TPSA) is 44.5 Å². The van der Waals surface area contributed by atoms with Gasteiger partial charge in [-0.1, -0.05) is 13.0 Å². The Labute approximate surface area is 107 Å². The maximum absolute atomic E-state index is 13.8. The van der Waals surface area contributed by atoms with E-state index in [9.17, 15) is 4.39 Å². The molecule has 2 N–H and O–H groups in total. The summed E-state index contributed by atoms with van der Waals surface area (Å²) in [5.74, 6) is 0.466. The van der Waals surface area contributed by atoms with Crippen LogP contribution < -0.4 is 10.5 Å². The molecule has 18 heavy (non-hydrogen) atoms. The van der Waals surface area contributed by atoms with Crippen molar-refractivity contribution in [2.45, 2.75) is 18.8 Å². The third-order valence-electron chi connectivity index (χ3n) is 3.75. The first-order valence-corrected chi connectivity index (χ1v) is 6.21. The van der Waals surface area contributed by atoms with Gasteiger partial charge in [-0.15, -0.1) is 0 Å². The van der Waals surface area contributed by atoms with Gasteiger partial charge in [-0.2, -0.15) is 0 Å². The highest BCUT2D eigenvalue weighted by molar-refractivity contribution is 5.34. The standard InChI is InChI=1S/C14H20FNO2/c1-14(9-16,6-10-7-18-8-10)11-3-4-13(17-2)12(15)5-11/h3-5,10H,6-9,16H2,1-2H3. The molecule has 1 aromatic rings. The first kappa shape index (κ1) is 13.3. The lowest BCUT2D eigenvalue weighted by molar-refractivity contribution is -0.0441. The van der Waals surface area contributed by atoms with Crippen LogP contribution in [0.5, 0.6) is 5.75 Å². The molecule has 1 atom stereocenters. The SMILES string of the molecule is COc1ccc(C(C)(CN)CC2COC2)cc1F. The van der Waals surface area contributed by atoms with Gasteiger partial charge in [0.1, 0.15) is 0 Å². The molecule has 1 heterocycles. The quantitative estimate of drug-likeness (QED) is 0.874. The van der Waals surface area contributed by atoms with Gasteiger partial charge < -0.3 is 15.2 Å². The van der Waals surface area contributed by atoms with E-state index >= 15 is 0 Å². The van der Waals surface area contributed by atoms with Gasteiger partial charge >= 0.3 is 0 Å². The second-order valence-electron chi connectivity index (χ2n) is 5.22. The van der Waals surface area contributed by atoms with Gasteiger partial charge in [0.25, 0.3) is 0 Å². The van der Waals surface area contributed by atoms with Crippen LogP contribution in [0.15, 0.2) is 18.2 Å². The molecule has 0 bridgehead atoms. The third kappa shape index (κ3) is 2.49. The molecule has 2 rings (SSSR count). The van der Waals surface area contributed by atoms with E-state index in [1.54, 1.807) is 6.07 Å². The zero-order valence-corrected chi connectivity index (χ0v) is 10.9. The Kier molecular flexibility index (Phi) is 3.88. The Hall–Kier alpha value is -1.13. The average Bonchev–Trinajstić information content (AvgIpc) is 2.33. The third-order valence-corrected chi connectivity index (χ3v) is 3.75. The number of methoxy groups -OCH3 is 1. The zero-order chi connectivity index (χ0) is 13.2. The zero-order valence-electron chi connectivity index (χ0n) is 10.9. The fourth-order valence-corrected chi connectivity index (χ4v) is 2.40. The van der Waals surface area contributed by atoms with Gasteiger partial charge in [-0.25, -0.2) is 4.39 Å². The maximum atomic E-state index is 13.8. The first-order chi connectivity index (χ1) is 8.59. The highest BCUT2D eigenvalue weighted by Crippen LogP contribution is 2.34. The smallest absolute Gasteiger partial charge is 0.165 e. The van der Waals surface area contributed by atoms with Crippen LogP contribution >= 0.6 is 0 Å². The molecule has 1 aromatic carbocycles. The number of rotatable bonds is 5. The van der Waals surface area contributed by atoms with Crippen LogP contribution in [0.25, 0.3) is 0 Å². The Morgan fingerprint density at radius 3 is 2.67 bits per heavy atom. The van der Waals surface area contributed by atoms with Crippen molar-refractivity contribution in [1.29, 1.82) is 0 Å². The molecule has 1 saturated heterocycles. The predicted octanol–water partition coefficient (Wildman–Crippen LogP) is 2.09. The monoisotopic (exact) mass is 253 g/mol. The molecule has 0 radical (unpaired) electrons. The van der Waals surface area contributed by atoms with Gasteiger partial charge in [0.2, 0.25) is 0 Å². The average molecular weight is 253 g/mol. The largest absolute Gasteiger partial charge is 0.494 e. The summed E-state index contributed by atoms with van der Waals surface area (Å²) < 4.78 is 23.9. The number of halogens is 1. The van der Waals surface area contributed by atoms with E-state index in [0.717, 1.165) is 25.2 Å². The summed E-state index contributed by atoms with van der Waals surface area (Å²) in [4.78, 5) is 0. The molecule has 0 saturated carbocycles. The van der Waals surface area contributed by atoms with Crippen LogP contribution in [-0.4, -0.2) is 26.9 Å². The minimum absolute atomic E-state index is 0.207. The normalized spacial score (nSPS) is 19.1. The molecular weight excluding hydrogens is 233 g/mol. The van der Waals surface area contributed by atoms with Crippen molar-refractivity contribution in [2.75, 3.05) is 26.9 Å². The summed E-state index contributed by atoms with van der Waals surface area (Å²) in [6.45, 7) is 4.14. The van der Waals surface area contributed by atoms with Gasteiger partial charge in [-0.3, -0.25) is 0 Å². The summed E-state index contributed by atoms with van der Waals surface area (Å²) in [5, 5.41) is 0. The molecule has 1 unspecified atom stereocenters. The van der Waals surface area contributed by atoms with Crippen molar-refractivity contribution in [2.24, 2.45) is 11.7 Å². The Morgan fingerprint density at radius 2 is 2.22 bits per heavy atom. The van der Waals surface area contributed by atoms with Crippen LogP contribution in [0.2, 0.25) is 0 Å². The van der Waals surface area contributed by atoms with Crippen LogP contribution in [0.4, 0.5) is 4.39 Å². The van der Waals surface area contributed by atoms with E-state index in [2.05, 4.69) is 6.92 Å². The molecule has 1 fully saturated rings. The first-order valence-electron chi connectivity index (χ1n) is 6.21. The van der Waals surface area contributed by atoms with E-state index in [-0.39, 0.29) is 17.0 Å². The van der Waals surface area contributed by atoms with Crippen LogP contribution in [0.3, 0.4) is 0 Å². The van der Waals surface area contributed by atoms with Crippen molar-refractivity contribution < 1.29 is 13.9 Å². The molecule has 0 spiro atoms. The summed E-state index contributed by atoms with van der Waals surface area (Å²) in [6, 6.07) is 5.09. The Morgan fingerprint density at radius 1 is 1.50 bits per heavy atom. The Bertz CT molecular complexity index is 420. The molecule has 1 aliphatic heterocycles. The molecule has 4 heteroatoms. The van der Waals surface area contributed by atoms with E-state index in [1.165, 1.54) is 13.2 Å². The van der Waals surface area contributed by atoms with E-state index in [0.29, 0.717) is 12.5 Å². The number of hydrogen-bond acceptors (Lipinski definition) is 3. The van der Waals surface area contributed by atoms with E-state index in [1.807, 2.05) is 6.07 Å². The van der Waals surface area contributed by atoms with Gasteiger partial charge in [-0.05, 0) is 24.1 Å². The van der Waals surface area contributed by atoms with Gasteiger partial charge in [0, 0.05) is 17.9 Å². The summed E-state index contributed by atoms with van der Waals surface area (Å²) in [5.41, 5.74) is 6.61. The number of hydrogen-bond donors (Lipinski definition) is 1. The fourth-order valence-electron chi connectivity index (χ4n) is 2.40. The van der Waals surface area contributed by atoms with Crippen LogP contribution in [-0.2, 0) is 10.2 Å².